The SMILES string of the molecule is CC(=O)C1=C(O)C(=O)c2c(O)c(O)c(O)c(O)c2C1=O. The van der Waals surface area contributed by atoms with Gasteiger partial charge in [0.05, 0.1) is 11.1 Å². The summed E-state index contributed by atoms with van der Waals surface area (Å²) in [5.74, 6) is -9.48. The summed E-state index contributed by atoms with van der Waals surface area (Å²) in [5.41, 5.74) is -2.61. The summed E-state index contributed by atoms with van der Waals surface area (Å²) in [7, 11) is 0. The Kier molecular flexibility index (Phi) is 2.67. The summed E-state index contributed by atoms with van der Waals surface area (Å²) in [6.45, 7) is 0.916. The molecule has 5 N–H and O–H groups in total. The highest BCUT2D eigenvalue weighted by molar-refractivity contribution is 6.37. The summed E-state index contributed by atoms with van der Waals surface area (Å²) in [4.78, 5) is 35.1. The van der Waals surface area contributed by atoms with Crippen LogP contribution in [0.5, 0.6) is 23.0 Å². The Balaban J connectivity index is 2.95. The van der Waals surface area contributed by atoms with Gasteiger partial charge in [-0.2, -0.15) is 0 Å². The van der Waals surface area contributed by atoms with Gasteiger partial charge in [0.1, 0.15) is 5.57 Å². The Hall–Kier alpha value is -3.03. The van der Waals surface area contributed by atoms with Crippen LogP contribution in [0.2, 0.25) is 0 Å². The van der Waals surface area contributed by atoms with E-state index in [9.17, 15) is 39.9 Å². The second-order valence-electron chi connectivity index (χ2n) is 4.08. The van der Waals surface area contributed by atoms with Crippen LogP contribution < -0.4 is 0 Å². The van der Waals surface area contributed by atoms with E-state index in [1.54, 1.807) is 0 Å². The van der Waals surface area contributed by atoms with Crippen molar-refractivity contribution < 1.29 is 39.9 Å². The molecule has 0 saturated heterocycles. The van der Waals surface area contributed by atoms with Crippen molar-refractivity contribution in [3.8, 4) is 23.0 Å². The zero-order valence-corrected chi connectivity index (χ0v) is 9.96. The smallest absolute Gasteiger partial charge is 0.232 e. The topological polar surface area (TPSA) is 152 Å². The molecule has 8 heteroatoms. The standard InChI is InChI=1S/C12H8O8/c1-2(13)3-6(14)4-5(8(16)7(3)15)10(18)12(20)11(19)9(4)17/h15,17-20H,1H3. The number of rotatable bonds is 1. The van der Waals surface area contributed by atoms with Crippen LogP contribution in [0.25, 0.3) is 0 Å². The second kappa shape index (κ2) is 3.98. The number of allylic oxidation sites excluding steroid dienone is 2. The zero-order chi connectivity index (χ0) is 15.4. The van der Waals surface area contributed by atoms with Gasteiger partial charge in [-0.05, 0) is 6.92 Å². The molecule has 0 fully saturated rings. The van der Waals surface area contributed by atoms with Gasteiger partial charge in [-0.25, -0.2) is 0 Å². The highest BCUT2D eigenvalue weighted by Gasteiger charge is 2.41. The fraction of sp³-hybridized carbons (Fsp3) is 0.0833. The molecule has 0 saturated carbocycles. The third-order valence-corrected chi connectivity index (χ3v) is 2.88. The maximum absolute atomic E-state index is 12.0. The van der Waals surface area contributed by atoms with E-state index in [-0.39, 0.29) is 0 Å². The predicted octanol–water partition coefficient (Wildman–Crippen LogP) is 0.289. The maximum atomic E-state index is 12.0. The third kappa shape index (κ3) is 1.44. The molecule has 20 heavy (non-hydrogen) atoms. The van der Waals surface area contributed by atoms with Crippen molar-refractivity contribution in [1.29, 1.82) is 0 Å². The van der Waals surface area contributed by atoms with Crippen molar-refractivity contribution in [1.82, 2.24) is 0 Å². The average Bonchev–Trinajstić information content (AvgIpc) is 2.37. The van der Waals surface area contributed by atoms with E-state index < -0.39 is 62.8 Å². The average molecular weight is 280 g/mol. The molecule has 1 aliphatic rings. The monoisotopic (exact) mass is 280 g/mol. The van der Waals surface area contributed by atoms with Crippen LogP contribution >= 0.6 is 0 Å². The van der Waals surface area contributed by atoms with Gasteiger partial charge in [0, 0.05) is 0 Å². The van der Waals surface area contributed by atoms with Crippen LogP contribution in [0.15, 0.2) is 11.3 Å². The van der Waals surface area contributed by atoms with Gasteiger partial charge in [-0.3, -0.25) is 14.4 Å². The molecule has 0 unspecified atom stereocenters. The first-order valence-corrected chi connectivity index (χ1v) is 5.23. The molecular formula is C12H8O8. The van der Waals surface area contributed by atoms with Crippen LogP contribution in [-0.4, -0.2) is 42.9 Å². The molecule has 1 aromatic rings. The Morgan fingerprint density at radius 1 is 0.750 bits per heavy atom. The van der Waals surface area contributed by atoms with Crippen LogP contribution in [0.1, 0.15) is 27.6 Å². The van der Waals surface area contributed by atoms with E-state index in [2.05, 4.69) is 0 Å². The number of benzene rings is 1. The molecule has 104 valence electrons. The van der Waals surface area contributed by atoms with E-state index in [0.29, 0.717) is 0 Å². The highest BCUT2D eigenvalue weighted by atomic mass is 16.3. The molecular weight excluding hydrogens is 272 g/mol. The summed E-state index contributed by atoms with van der Waals surface area (Å²) in [5, 5.41) is 47.4. The lowest BCUT2D eigenvalue weighted by Crippen LogP contribution is -2.25. The fourth-order valence-corrected chi connectivity index (χ4v) is 1.93. The molecule has 0 amide bonds. The fourth-order valence-electron chi connectivity index (χ4n) is 1.93. The number of phenols is 4. The van der Waals surface area contributed by atoms with Gasteiger partial charge in [-0.1, -0.05) is 0 Å². The lowest BCUT2D eigenvalue weighted by molar-refractivity contribution is -0.113. The van der Waals surface area contributed by atoms with E-state index in [4.69, 9.17) is 0 Å². The second-order valence-corrected chi connectivity index (χ2v) is 4.08. The lowest BCUT2D eigenvalue weighted by atomic mass is 9.85. The van der Waals surface area contributed by atoms with Crippen molar-refractivity contribution in [2.45, 2.75) is 6.92 Å². The lowest BCUT2D eigenvalue weighted by Gasteiger charge is -2.19. The number of aromatic hydroxyl groups is 4. The molecule has 0 bridgehead atoms. The molecule has 0 atom stereocenters. The molecule has 1 aromatic carbocycles. The molecule has 0 aliphatic heterocycles. The number of Topliss-reactive ketones (excluding diaryl/α,β-unsaturated/α-hetero) is 3. The number of hydrogen-bond donors (Lipinski definition) is 5. The highest BCUT2D eigenvalue weighted by Crippen LogP contribution is 2.49. The Morgan fingerprint density at radius 2 is 1.15 bits per heavy atom. The zero-order valence-electron chi connectivity index (χ0n) is 9.96. The molecule has 2 rings (SSSR count). The van der Waals surface area contributed by atoms with E-state index in [1.165, 1.54) is 0 Å². The molecule has 8 nitrogen and oxygen atoms in total. The minimum Gasteiger partial charge on any atom is -0.504 e. The summed E-state index contributed by atoms with van der Waals surface area (Å²) >= 11 is 0. The van der Waals surface area contributed by atoms with Gasteiger partial charge < -0.3 is 25.5 Å². The van der Waals surface area contributed by atoms with Gasteiger partial charge >= 0.3 is 0 Å². The van der Waals surface area contributed by atoms with Gasteiger partial charge in [-0.15, -0.1) is 0 Å². The normalized spacial score (nSPS) is 14.4. The Morgan fingerprint density at radius 3 is 1.55 bits per heavy atom. The van der Waals surface area contributed by atoms with E-state index in [1.807, 2.05) is 0 Å². The molecule has 0 spiro atoms. The van der Waals surface area contributed by atoms with E-state index in [0.717, 1.165) is 6.92 Å². The van der Waals surface area contributed by atoms with Crippen molar-refractivity contribution in [2.75, 3.05) is 0 Å². The first kappa shape index (κ1) is 13.4. The largest absolute Gasteiger partial charge is 0.504 e. The quantitative estimate of drug-likeness (QED) is 0.279. The van der Waals surface area contributed by atoms with Crippen LogP contribution in [0, 0.1) is 0 Å². The minimum atomic E-state index is -1.33. The first-order valence-electron chi connectivity index (χ1n) is 5.23. The number of phenolic OH excluding ortho intramolecular Hbond substituents is 4. The van der Waals surface area contributed by atoms with Crippen molar-refractivity contribution >= 4 is 17.3 Å². The van der Waals surface area contributed by atoms with Crippen LogP contribution in [-0.2, 0) is 4.79 Å². The number of aliphatic hydroxyl groups is 1. The number of aliphatic hydroxyl groups excluding tert-OH is 1. The molecule has 0 aromatic heterocycles. The molecule has 1 aliphatic carbocycles. The number of carbonyl (C=O) groups excluding carboxylic acids is 3. The maximum Gasteiger partial charge on any atom is 0.232 e. The van der Waals surface area contributed by atoms with Crippen molar-refractivity contribution in [2.24, 2.45) is 0 Å². The molecule has 0 heterocycles. The number of carbonyl (C=O) groups is 3. The summed E-state index contributed by atoms with van der Waals surface area (Å²) in [6.07, 6.45) is 0. The predicted molar refractivity (Wildman–Crippen MR) is 62.1 cm³/mol. The van der Waals surface area contributed by atoms with Crippen LogP contribution in [0.3, 0.4) is 0 Å². The van der Waals surface area contributed by atoms with Gasteiger partial charge in [0.15, 0.2) is 23.0 Å². The minimum absolute atomic E-state index is 0.856. The number of ketones is 3. The Bertz CT molecular complexity index is 726. The number of hydrogen-bond acceptors (Lipinski definition) is 8. The first-order chi connectivity index (χ1) is 9.20. The summed E-state index contributed by atoms with van der Waals surface area (Å²) < 4.78 is 0. The summed E-state index contributed by atoms with van der Waals surface area (Å²) in [6, 6.07) is 0. The van der Waals surface area contributed by atoms with Gasteiger partial charge in [0.25, 0.3) is 0 Å². The van der Waals surface area contributed by atoms with Crippen molar-refractivity contribution in [3.05, 3.63) is 22.5 Å². The number of fused-ring (bicyclic) bond motifs is 1. The van der Waals surface area contributed by atoms with Crippen molar-refractivity contribution in [3.63, 3.8) is 0 Å². The van der Waals surface area contributed by atoms with Crippen LogP contribution in [0.4, 0.5) is 0 Å². The third-order valence-electron chi connectivity index (χ3n) is 2.88. The van der Waals surface area contributed by atoms with E-state index >= 15 is 0 Å². The Labute approximate surface area is 110 Å². The van der Waals surface area contributed by atoms with Gasteiger partial charge in [0.2, 0.25) is 23.1 Å². The molecule has 0 radical (unpaired) electrons.